The molecule has 6 heteroatoms. The first-order chi connectivity index (χ1) is 14.0. The zero-order valence-electron chi connectivity index (χ0n) is 15.2. The summed E-state index contributed by atoms with van der Waals surface area (Å²) in [5, 5.41) is 8.06. The van der Waals surface area contributed by atoms with E-state index in [-0.39, 0.29) is 6.04 Å². The molecular formula is C23H16Br2Cl2N2. The van der Waals surface area contributed by atoms with E-state index in [0.717, 1.165) is 32.3 Å². The fourth-order valence-electron chi connectivity index (χ4n) is 3.23. The van der Waals surface area contributed by atoms with Gasteiger partial charge in [-0.05, 0) is 59.7 Å². The Morgan fingerprint density at radius 2 is 1.52 bits per heavy atom. The van der Waals surface area contributed by atoms with Gasteiger partial charge in [-0.25, -0.2) is 0 Å². The lowest BCUT2D eigenvalue weighted by Gasteiger charge is -2.25. The van der Waals surface area contributed by atoms with Crippen LogP contribution in [0.4, 0.5) is 5.69 Å². The van der Waals surface area contributed by atoms with Crippen molar-refractivity contribution in [3.8, 4) is 0 Å². The lowest BCUT2D eigenvalue weighted by atomic mass is 10.0. The van der Waals surface area contributed by atoms with E-state index < -0.39 is 0 Å². The van der Waals surface area contributed by atoms with E-state index in [4.69, 9.17) is 28.3 Å². The summed E-state index contributed by atoms with van der Waals surface area (Å²) in [5.41, 5.74) is 4.14. The fraction of sp³-hybridized carbons (Fsp3) is 0.0870. The molecule has 3 aromatic carbocycles. The van der Waals surface area contributed by atoms with E-state index in [1.165, 1.54) is 5.56 Å². The van der Waals surface area contributed by atoms with E-state index in [9.17, 15) is 0 Å². The van der Waals surface area contributed by atoms with Crippen LogP contribution in [0.3, 0.4) is 0 Å². The third-order valence-electron chi connectivity index (χ3n) is 4.68. The van der Waals surface area contributed by atoms with E-state index in [1.54, 1.807) is 6.07 Å². The predicted molar refractivity (Wildman–Crippen MR) is 131 cm³/mol. The molecular weight excluding hydrogens is 535 g/mol. The summed E-state index contributed by atoms with van der Waals surface area (Å²) in [6.45, 7) is 0. The van der Waals surface area contributed by atoms with Crippen LogP contribution >= 0.6 is 55.1 Å². The normalized spacial score (nSPS) is 16.5. The van der Waals surface area contributed by atoms with Gasteiger partial charge in [0.1, 0.15) is 0 Å². The van der Waals surface area contributed by atoms with Gasteiger partial charge in [0, 0.05) is 20.4 Å². The molecule has 3 aromatic rings. The monoisotopic (exact) mass is 548 g/mol. The summed E-state index contributed by atoms with van der Waals surface area (Å²) < 4.78 is 2.11. The molecule has 0 spiro atoms. The van der Waals surface area contributed by atoms with Crippen LogP contribution in [0.2, 0.25) is 10.0 Å². The van der Waals surface area contributed by atoms with Crippen molar-refractivity contribution < 1.29 is 0 Å². The second kappa shape index (κ2) is 9.05. The molecule has 2 nitrogen and oxygen atoms in total. The summed E-state index contributed by atoms with van der Waals surface area (Å²) >= 11 is 19.6. The Bertz CT molecular complexity index is 1080. The van der Waals surface area contributed by atoms with Gasteiger partial charge in [-0.15, -0.1) is 0 Å². The van der Waals surface area contributed by atoms with Crippen molar-refractivity contribution in [3.63, 3.8) is 0 Å². The quantitative estimate of drug-likeness (QED) is 0.318. The molecule has 29 heavy (non-hydrogen) atoms. The molecule has 146 valence electrons. The van der Waals surface area contributed by atoms with Crippen molar-refractivity contribution in [3.05, 3.63) is 103 Å². The van der Waals surface area contributed by atoms with Crippen LogP contribution in [0.5, 0.6) is 0 Å². The highest BCUT2D eigenvalue weighted by Crippen LogP contribution is 2.40. The summed E-state index contributed by atoms with van der Waals surface area (Å²) in [7, 11) is 0. The molecule has 0 fully saturated rings. The summed E-state index contributed by atoms with van der Waals surface area (Å²) in [4.78, 5) is 0. The van der Waals surface area contributed by atoms with Gasteiger partial charge in [-0.3, -0.25) is 5.01 Å². The maximum atomic E-state index is 6.50. The average Bonchev–Trinajstić information content (AvgIpc) is 3.12. The minimum absolute atomic E-state index is 0.0614. The molecule has 4 rings (SSSR count). The van der Waals surface area contributed by atoms with Crippen LogP contribution in [0.15, 0.2) is 86.9 Å². The van der Waals surface area contributed by atoms with Crippen LogP contribution in [-0.4, -0.2) is 5.71 Å². The zero-order chi connectivity index (χ0) is 20.4. The van der Waals surface area contributed by atoms with Gasteiger partial charge >= 0.3 is 0 Å². The van der Waals surface area contributed by atoms with Gasteiger partial charge in [0.05, 0.1) is 22.5 Å². The molecule has 0 aromatic heterocycles. The molecule has 1 atom stereocenters. The Labute approximate surface area is 197 Å². The van der Waals surface area contributed by atoms with E-state index in [1.807, 2.05) is 41.4 Å². The standard InChI is InChI=1S/C23H16Br2Cl2N2/c24-17-6-1-15(2-7-17)3-11-20-14-23(16-4-8-18(25)9-5-16)29(28-20)22-12-10-19(26)13-21(22)27/h1-13,23H,14H2/b11-3+/t23-/m1/s1. The maximum Gasteiger partial charge on any atom is 0.0832 e. The molecule has 0 amide bonds. The topological polar surface area (TPSA) is 15.6 Å². The highest BCUT2D eigenvalue weighted by molar-refractivity contribution is 9.10. The van der Waals surface area contributed by atoms with Crippen LogP contribution in [0.25, 0.3) is 6.08 Å². The maximum absolute atomic E-state index is 6.50. The fourth-order valence-corrected chi connectivity index (χ4v) is 4.26. The van der Waals surface area contributed by atoms with Crippen LogP contribution in [-0.2, 0) is 0 Å². The lowest BCUT2D eigenvalue weighted by molar-refractivity contribution is 0.709. The smallest absolute Gasteiger partial charge is 0.0832 e. The van der Waals surface area contributed by atoms with Gasteiger partial charge < -0.3 is 0 Å². The number of anilines is 1. The summed E-state index contributed by atoms with van der Waals surface area (Å²) in [5.74, 6) is 0. The molecule has 1 aliphatic rings. The number of allylic oxidation sites excluding steroid dienone is 1. The highest BCUT2D eigenvalue weighted by Gasteiger charge is 2.29. The van der Waals surface area contributed by atoms with Crippen LogP contribution in [0.1, 0.15) is 23.6 Å². The number of rotatable bonds is 4. The molecule has 0 bridgehead atoms. The number of hydrogen-bond donors (Lipinski definition) is 0. The third-order valence-corrected chi connectivity index (χ3v) is 6.28. The van der Waals surface area contributed by atoms with E-state index in [0.29, 0.717) is 10.0 Å². The number of nitrogens with zero attached hydrogens (tertiary/aromatic N) is 2. The first-order valence-electron chi connectivity index (χ1n) is 9.00. The van der Waals surface area contributed by atoms with Gasteiger partial charge in [0.2, 0.25) is 0 Å². The predicted octanol–water partition coefficient (Wildman–Crippen LogP) is 8.54. The Hall–Kier alpha value is -1.59. The second-order valence-corrected chi connectivity index (χ2v) is 9.36. The van der Waals surface area contributed by atoms with Gasteiger partial charge in [0.25, 0.3) is 0 Å². The summed E-state index contributed by atoms with van der Waals surface area (Å²) in [6, 6.07) is 22.1. The number of benzene rings is 3. The van der Waals surface area contributed by atoms with Crippen molar-refractivity contribution in [2.24, 2.45) is 5.10 Å². The van der Waals surface area contributed by atoms with E-state index >= 15 is 0 Å². The SMILES string of the molecule is Clc1ccc(N2N=C(/C=C/c3ccc(Br)cc3)C[C@@H]2c2ccc(Br)cc2)c(Cl)c1. The Balaban J connectivity index is 1.68. The number of hydrogen-bond acceptors (Lipinski definition) is 2. The first kappa shape index (κ1) is 20.7. The molecule has 0 saturated heterocycles. The van der Waals surface area contributed by atoms with Crippen molar-refractivity contribution in [1.82, 2.24) is 0 Å². The molecule has 1 heterocycles. The molecule has 0 N–H and O–H groups in total. The number of hydrazone groups is 1. The number of halogens is 4. The minimum atomic E-state index is 0.0614. The minimum Gasteiger partial charge on any atom is -0.256 e. The van der Waals surface area contributed by atoms with Crippen molar-refractivity contribution in [1.29, 1.82) is 0 Å². The van der Waals surface area contributed by atoms with Gasteiger partial charge in [-0.2, -0.15) is 5.10 Å². The Morgan fingerprint density at radius 3 is 2.17 bits per heavy atom. The molecule has 1 aliphatic heterocycles. The lowest BCUT2D eigenvalue weighted by Crippen LogP contribution is -2.18. The summed E-state index contributed by atoms with van der Waals surface area (Å²) in [6.07, 6.45) is 4.93. The average molecular weight is 551 g/mol. The largest absolute Gasteiger partial charge is 0.256 e. The van der Waals surface area contributed by atoms with Crippen molar-refractivity contribution >= 4 is 72.5 Å². The first-order valence-corrected chi connectivity index (χ1v) is 11.3. The van der Waals surface area contributed by atoms with Crippen molar-refractivity contribution in [2.45, 2.75) is 12.5 Å². The Morgan fingerprint density at radius 1 is 0.862 bits per heavy atom. The van der Waals surface area contributed by atoms with Crippen molar-refractivity contribution in [2.75, 3.05) is 5.01 Å². The van der Waals surface area contributed by atoms with Crippen LogP contribution in [0, 0.1) is 0 Å². The van der Waals surface area contributed by atoms with E-state index in [2.05, 4.69) is 68.3 Å². The molecule has 0 unspecified atom stereocenters. The molecule has 0 radical (unpaired) electrons. The second-order valence-electron chi connectivity index (χ2n) is 6.69. The van der Waals surface area contributed by atoms with Gasteiger partial charge in [0.15, 0.2) is 0 Å². The molecule has 0 saturated carbocycles. The zero-order valence-corrected chi connectivity index (χ0v) is 19.9. The Kier molecular flexibility index (Phi) is 6.45. The van der Waals surface area contributed by atoms with Crippen LogP contribution < -0.4 is 5.01 Å². The molecule has 0 aliphatic carbocycles. The highest BCUT2D eigenvalue weighted by atomic mass is 79.9. The van der Waals surface area contributed by atoms with Gasteiger partial charge in [-0.1, -0.05) is 85.4 Å². The third kappa shape index (κ3) is 4.95.